The Morgan fingerprint density at radius 3 is 2.17 bits per heavy atom. The van der Waals surface area contributed by atoms with Crippen LogP contribution in [0.4, 0.5) is 0 Å². The molecule has 1 saturated heterocycles. The highest BCUT2D eigenvalue weighted by atomic mass is 15.1. The van der Waals surface area contributed by atoms with Crippen LogP contribution in [0.2, 0.25) is 0 Å². The second kappa shape index (κ2) is 6.38. The van der Waals surface area contributed by atoms with Gasteiger partial charge in [-0.25, -0.2) is 0 Å². The summed E-state index contributed by atoms with van der Waals surface area (Å²) < 4.78 is 0. The molecular formula is C16H30N2. The van der Waals surface area contributed by atoms with E-state index in [2.05, 4.69) is 10.2 Å². The molecule has 3 aliphatic rings. The molecule has 0 aromatic heterocycles. The first-order valence-electron chi connectivity index (χ1n) is 8.36. The number of piperidine rings is 1. The van der Waals surface area contributed by atoms with Gasteiger partial charge < -0.3 is 10.2 Å². The monoisotopic (exact) mass is 250 g/mol. The Bertz CT molecular complexity index is 225. The Hall–Kier alpha value is -0.0800. The molecule has 18 heavy (non-hydrogen) atoms. The number of nitrogens with one attached hydrogen (secondary N) is 1. The van der Waals surface area contributed by atoms with Gasteiger partial charge in [0.25, 0.3) is 0 Å². The molecule has 0 aromatic carbocycles. The van der Waals surface area contributed by atoms with E-state index < -0.39 is 0 Å². The molecule has 1 aliphatic heterocycles. The minimum atomic E-state index is 0.836. The molecular weight excluding hydrogens is 220 g/mol. The quantitative estimate of drug-likeness (QED) is 0.712. The molecule has 1 unspecified atom stereocenters. The highest BCUT2D eigenvalue weighted by Gasteiger charge is 2.28. The second-order valence-corrected chi connectivity index (χ2v) is 6.94. The normalized spacial score (nSPS) is 28.8. The number of nitrogens with zero attached hydrogens (tertiary/aromatic N) is 1. The summed E-state index contributed by atoms with van der Waals surface area (Å²) in [6.07, 6.45) is 13.1. The first kappa shape index (κ1) is 12.9. The van der Waals surface area contributed by atoms with Crippen LogP contribution in [-0.4, -0.2) is 37.1 Å². The first-order valence-corrected chi connectivity index (χ1v) is 8.36. The molecule has 0 bridgehead atoms. The van der Waals surface area contributed by atoms with E-state index >= 15 is 0 Å². The van der Waals surface area contributed by atoms with Crippen LogP contribution in [0.5, 0.6) is 0 Å². The molecule has 0 aromatic rings. The van der Waals surface area contributed by atoms with Crippen LogP contribution in [-0.2, 0) is 0 Å². The fraction of sp³-hybridized carbons (Fsp3) is 1.00. The lowest BCUT2D eigenvalue weighted by Crippen LogP contribution is -2.35. The van der Waals surface area contributed by atoms with E-state index in [9.17, 15) is 0 Å². The van der Waals surface area contributed by atoms with Crippen molar-refractivity contribution in [2.75, 3.05) is 26.2 Å². The maximum absolute atomic E-state index is 3.68. The average Bonchev–Trinajstić information content (AvgIpc) is 3.26. The fourth-order valence-electron chi connectivity index (χ4n) is 3.32. The third kappa shape index (κ3) is 4.55. The molecule has 1 heterocycles. The van der Waals surface area contributed by atoms with Crippen LogP contribution in [0.3, 0.4) is 0 Å². The Morgan fingerprint density at radius 2 is 1.61 bits per heavy atom. The van der Waals surface area contributed by atoms with Gasteiger partial charge in [-0.2, -0.15) is 0 Å². The summed E-state index contributed by atoms with van der Waals surface area (Å²) in [6, 6.07) is 0.836. The number of rotatable bonds is 8. The van der Waals surface area contributed by atoms with Gasteiger partial charge in [0.2, 0.25) is 0 Å². The Balaban J connectivity index is 1.32. The van der Waals surface area contributed by atoms with Crippen molar-refractivity contribution >= 4 is 0 Å². The molecule has 1 atom stereocenters. The van der Waals surface area contributed by atoms with Crippen molar-refractivity contribution in [2.24, 2.45) is 11.8 Å². The molecule has 3 fully saturated rings. The average molecular weight is 250 g/mol. The van der Waals surface area contributed by atoms with Crippen molar-refractivity contribution in [3.05, 3.63) is 0 Å². The summed E-state index contributed by atoms with van der Waals surface area (Å²) in [6.45, 7) is 5.45. The smallest absolute Gasteiger partial charge is 0.00675 e. The fourth-order valence-corrected chi connectivity index (χ4v) is 3.32. The van der Waals surface area contributed by atoms with Crippen molar-refractivity contribution in [3.63, 3.8) is 0 Å². The van der Waals surface area contributed by atoms with Crippen LogP contribution >= 0.6 is 0 Å². The highest BCUT2D eigenvalue weighted by Crippen LogP contribution is 2.33. The van der Waals surface area contributed by atoms with Gasteiger partial charge in [-0.15, -0.1) is 0 Å². The maximum Gasteiger partial charge on any atom is 0.00675 e. The predicted molar refractivity (Wildman–Crippen MR) is 76.8 cm³/mol. The molecule has 2 heteroatoms. The standard InChI is InChI=1S/C16H30N2/c1-2-10-17-16(4-1)5-3-11-18(12-14-6-7-14)13-15-8-9-15/h14-17H,1-13H2. The van der Waals surface area contributed by atoms with Crippen molar-refractivity contribution in [3.8, 4) is 0 Å². The number of hydrogen-bond donors (Lipinski definition) is 1. The van der Waals surface area contributed by atoms with Gasteiger partial charge in [-0.3, -0.25) is 0 Å². The summed E-state index contributed by atoms with van der Waals surface area (Å²) in [7, 11) is 0. The number of hydrogen-bond acceptors (Lipinski definition) is 2. The SMILES string of the molecule is C1CCC(CCCN(CC2CC2)CC2CC2)NC1. The zero-order valence-corrected chi connectivity index (χ0v) is 11.9. The lowest BCUT2D eigenvalue weighted by atomic mass is 10.0. The molecule has 0 spiro atoms. The molecule has 0 radical (unpaired) electrons. The topological polar surface area (TPSA) is 15.3 Å². The Kier molecular flexibility index (Phi) is 4.58. The third-order valence-electron chi connectivity index (χ3n) is 4.87. The van der Waals surface area contributed by atoms with Gasteiger partial charge in [0.05, 0.1) is 0 Å². The molecule has 104 valence electrons. The van der Waals surface area contributed by atoms with Crippen molar-refractivity contribution < 1.29 is 0 Å². The van der Waals surface area contributed by atoms with Crippen LogP contribution in [0.15, 0.2) is 0 Å². The lowest BCUT2D eigenvalue weighted by Gasteiger charge is -2.26. The van der Waals surface area contributed by atoms with E-state index in [4.69, 9.17) is 0 Å². The lowest BCUT2D eigenvalue weighted by molar-refractivity contribution is 0.239. The summed E-state index contributed by atoms with van der Waals surface area (Å²) in [4.78, 5) is 2.79. The van der Waals surface area contributed by atoms with Crippen molar-refractivity contribution in [2.45, 2.75) is 63.8 Å². The minimum Gasteiger partial charge on any atom is -0.314 e. The Labute approximate surface area is 113 Å². The predicted octanol–water partition coefficient (Wildman–Crippen LogP) is 3.03. The van der Waals surface area contributed by atoms with E-state index in [0.717, 1.165) is 17.9 Å². The van der Waals surface area contributed by atoms with Gasteiger partial charge in [0.15, 0.2) is 0 Å². The van der Waals surface area contributed by atoms with Crippen LogP contribution in [0.1, 0.15) is 57.8 Å². The molecule has 2 saturated carbocycles. The van der Waals surface area contributed by atoms with E-state index in [1.54, 1.807) is 0 Å². The van der Waals surface area contributed by atoms with Crippen molar-refractivity contribution in [1.82, 2.24) is 10.2 Å². The largest absolute Gasteiger partial charge is 0.314 e. The summed E-state index contributed by atoms with van der Waals surface area (Å²) in [5.41, 5.74) is 0. The molecule has 1 N–H and O–H groups in total. The molecule has 0 amide bonds. The van der Waals surface area contributed by atoms with Crippen LogP contribution in [0.25, 0.3) is 0 Å². The van der Waals surface area contributed by atoms with Crippen LogP contribution in [0, 0.1) is 11.8 Å². The summed E-state index contributed by atoms with van der Waals surface area (Å²) in [5, 5.41) is 3.68. The van der Waals surface area contributed by atoms with Gasteiger partial charge in [0.1, 0.15) is 0 Å². The maximum atomic E-state index is 3.68. The molecule has 2 aliphatic carbocycles. The first-order chi connectivity index (χ1) is 8.90. The highest BCUT2D eigenvalue weighted by molar-refractivity contribution is 4.82. The van der Waals surface area contributed by atoms with Gasteiger partial charge >= 0.3 is 0 Å². The third-order valence-corrected chi connectivity index (χ3v) is 4.87. The van der Waals surface area contributed by atoms with E-state index in [1.165, 1.54) is 84.0 Å². The van der Waals surface area contributed by atoms with E-state index in [-0.39, 0.29) is 0 Å². The van der Waals surface area contributed by atoms with E-state index in [0.29, 0.717) is 0 Å². The summed E-state index contributed by atoms with van der Waals surface area (Å²) in [5.74, 6) is 2.13. The zero-order chi connectivity index (χ0) is 12.2. The van der Waals surface area contributed by atoms with Gasteiger partial charge in [-0.05, 0) is 76.3 Å². The van der Waals surface area contributed by atoms with Crippen LogP contribution < -0.4 is 5.32 Å². The minimum absolute atomic E-state index is 0.836. The molecule has 2 nitrogen and oxygen atoms in total. The van der Waals surface area contributed by atoms with Gasteiger partial charge in [0, 0.05) is 19.1 Å². The zero-order valence-electron chi connectivity index (χ0n) is 11.9. The second-order valence-electron chi connectivity index (χ2n) is 6.94. The van der Waals surface area contributed by atoms with E-state index in [1.807, 2.05) is 0 Å². The van der Waals surface area contributed by atoms with Crippen molar-refractivity contribution in [1.29, 1.82) is 0 Å². The Morgan fingerprint density at radius 1 is 0.889 bits per heavy atom. The van der Waals surface area contributed by atoms with Gasteiger partial charge in [-0.1, -0.05) is 6.42 Å². The molecule has 3 rings (SSSR count). The summed E-state index contributed by atoms with van der Waals surface area (Å²) >= 11 is 0.